The number of likely N-dealkylation sites (tertiary alicyclic amines) is 1. The number of esters is 1. The molecule has 2 aliphatic heterocycles. The van der Waals surface area contributed by atoms with Crippen molar-refractivity contribution in [1.29, 1.82) is 0 Å². The van der Waals surface area contributed by atoms with Gasteiger partial charge in [0.05, 0.1) is 37.0 Å². The second kappa shape index (κ2) is 27.8. The molecule has 8 amide bonds. The molecule has 1 unspecified atom stereocenters. The van der Waals surface area contributed by atoms with Crippen LogP contribution in [0.4, 0.5) is 5.69 Å². The van der Waals surface area contributed by atoms with Crippen LogP contribution in [0.25, 0.3) is 0 Å². The Morgan fingerprint density at radius 3 is 1.69 bits per heavy atom. The van der Waals surface area contributed by atoms with E-state index >= 15 is 4.79 Å². The third kappa shape index (κ3) is 15.1. The van der Waals surface area contributed by atoms with Crippen LogP contribution in [0.2, 0.25) is 0 Å². The molecule has 0 aromatic heterocycles. The monoisotopic (exact) mass is 1200 g/mol. The Hall–Kier alpha value is -7.62. The lowest BCUT2D eigenvalue weighted by Crippen LogP contribution is -2.63. The van der Waals surface area contributed by atoms with Crippen molar-refractivity contribution >= 4 is 70.7 Å². The Kier molecular flexibility index (Phi) is 20.8. The number of carbonyl (C=O) groups excluding carboxylic acids is 9. The highest BCUT2D eigenvalue weighted by molar-refractivity contribution is 8.01. The number of amides is 8. The molecule has 21 heteroatoms. The molecule has 0 bridgehead atoms. The summed E-state index contributed by atoms with van der Waals surface area (Å²) in [5.74, 6) is -4.07. The molecule has 4 aliphatic rings. The lowest BCUT2D eigenvalue weighted by molar-refractivity contribution is -0.145. The number of anilines is 1. The molecule has 2 heterocycles. The van der Waals surface area contributed by atoms with E-state index in [2.05, 4.69) is 54.7 Å². The molecule has 0 radical (unpaired) electrons. The average Bonchev–Trinajstić information content (AvgIpc) is 1.56. The number of nitrogens with zero attached hydrogens (tertiary/aromatic N) is 2. The first kappa shape index (κ1) is 64.4. The first-order chi connectivity index (χ1) is 40.9. The van der Waals surface area contributed by atoms with E-state index in [1.165, 1.54) is 41.2 Å². The fraction of sp³-hybridized carbons (Fsp3) is 0.492. The second-order valence-electron chi connectivity index (χ2n) is 24.7. The van der Waals surface area contributed by atoms with Crippen LogP contribution < -0.4 is 42.5 Å². The maximum absolute atomic E-state index is 15.3. The average molecular weight is 1200 g/mol. The SMILES string of the molecule is CN[C@@H](C)C(=O)NC(C(=O)N1Cc2cc(NC(=O)c3ccc(C(=O)N[C@H]4C[C@@H](C(=O)N[C@@H]5CCCc6ccccc65)N(C(=O)[C@@H](NC(=O)[C@H](C)NC)C(C)(C)C)C4)cc3)ccc2C[C@H]1C(=O)N[C@@H]1CCCc2ccccc21)C(C)(C)SCC(=O)OC. The molecular formula is C65H84N10O10S. The summed E-state index contributed by atoms with van der Waals surface area (Å²) in [6, 6.07) is 20.8. The second-order valence-corrected chi connectivity index (χ2v) is 26.3. The highest BCUT2D eigenvalue weighted by atomic mass is 32.2. The van der Waals surface area contributed by atoms with Gasteiger partial charge in [-0.15, -0.1) is 11.8 Å². The normalized spacial score (nSPS) is 20.5. The van der Waals surface area contributed by atoms with Crippen molar-refractivity contribution in [2.75, 3.05) is 38.8 Å². The smallest absolute Gasteiger partial charge is 0.315 e. The van der Waals surface area contributed by atoms with E-state index in [9.17, 15) is 38.4 Å². The highest BCUT2D eigenvalue weighted by Gasteiger charge is 2.48. The van der Waals surface area contributed by atoms with Gasteiger partial charge in [-0.2, -0.15) is 0 Å². The van der Waals surface area contributed by atoms with Crippen LogP contribution in [0, 0.1) is 5.41 Å². The summed E-state index contributed by atoms with van der Waals surface area (Å²) in [6.45, 7) is 12.4. The van der Waals surface area contributed by atoms with Gasteiger partial charge in [0.15, 0.2) is 0 Å². The van der Waals surface area contributed by atoms with Crippen LogP contribution in [-0.2, 0) is 64.1 Å². The van der Waals surface area contributed by atoms with Gasteiger partial charge in [0.2, 0.25) is 35.4 Å². The van der Waals surface area contributed by atoms with E-state index in [0.29, 0.717) is 11.3 Å². The molecule has 20 nitrogen and oxygen atoms in total. The van der Waals surface area contributed by atoms with Crippen LogP contribution in [0.5, 0.6) is 0 Å². The number of benzene rings is 4. The number of aryl methyl sites for hydroxylation is 2. The van der Waals surface area contributed by atoms with Gasteiger partial charge in [-0.3, -0.25) is 43.2 Å². The number of likely N-dealkylation sites (N-methyl/N-ethyl adjacent to an activating group) is 2. The number of fused-ring (bicyclic) bond motifs is 3. The van der Waals surface area contributed by atoms with Gasteiger partial charge in [-0.25, -0.2) is 0 Å². The number of thioether (sulfide) groups is 1. The third-order valence-electron chi connectivity index (χ3n) is 17.3. The molecule has 0 spiro atoms. The summed E-state index contributed by atoms with van der Waals surface area (Å²) in [4.78, 5) is 129. The van der Waals surface area contributed by atoms with Crippen molar-refractivity contribution in [2.45, 2.75) is 166 Å². The zero-order valence-corrected chi connectivity index (χ0v) is 51.8. The highest BCUT2D eigenvalue weighted by Crippen LogP contribution is 2.36. The predicted molar refractivity (Wildman–Crippen MR) is 330 cm³/mol. The zero-order valence-electron chi connectivity index (χ0n) is 51.0. The maximum Gasteiger partial charge on any atom is 0.315 e. The van der Waals surface area contributed by atoms with Gasteiger partial charge < -0.3 is 57.1 Å². The Bertz CT molecular complexity index is 3200. The topological polar surface area (TPSA) is 266 Å². The molecule has 1 fully saturated rings. The van der Waals surface area contributed by atoms with Crippen molar-refractivity contribution in [1.82, 2.24) is 47.0 Å². The summed E-state index contributed by atoms with van der Waals surface area (Å²) >= 11 is 1.15. The minimum atomic E-state index is -1.20. The van der Waals surface area contributed by atoms with Gasteiger partial charge >= 0.3 is 5.97 Å². The van der Waals surface area contributed by atoms with Crippen LogP contribution in [0.3, 0.4) is 0 Å². The minimum absolute atomic E-state index is 0.00562. The molecule has 86 heavy (non-hydrogen) atoms. The number of hydrogen-bond acceptors (Lipinski definition) is 13. The van der Waals surface area contributed by atoms with Crippen molar-refractivity contribution in [2.24, 2.45) is 5.41 Å². The van der Waals surface area contributed by atoms with E-state index in [-0.39, 0.29) is 72.6 Å². The Morgan fingerprint density at radius 2 is 1.14 bits per heavy atom. The Morgan fingerprint density at radius 1 is 0.616 bits per heavy atom. The number of hydrogen-bond donors (Lipinski definition) is 8. The van der Waals surface area contributed by atoms with Crippen LogP contribution in [-0.4, -0.2) is 144 Å². The molecular weight excluding hydrogens is 1110 g/mol. The van der Waals surface area contributed by atoms with Crippen molar-refractivity contribution in [3.8, 4) is 0 Å². The van der Waals surface area contributed by atoms with E-state index in [1.54, 1.807) is 53.9 Å². The van der Waals surface area contributed by atoms with E-state index in [1.807, 2.05) is 63.2 Å². The van der Waals surface area contributed by atoms with Crippen molar-refractivity contribution < 1.29 is 47.9 Å². The summed E-state index contributed by atoms with van der Waals surface area (Å²) < 4.78 is 3.84. The van der Waals surface area contributed by atoms with Gasteiger partial charge in [0.25, 0.3) is 11.8 Å². The quantitative estimate of drug-likeness (QED) is 0.0530. The zero-order chi connectivity index (χ0) is 62.2. The molecule has 4 aromatic carbocycles. The predicted octanol–water partition coefficient (Wildman–Crippen LogP) is 5.20. The van der Waals surface area contributed by atoms with E-state index in [4.69, 9.17) is 4.74 Å². The number of carbonyl (C=O) groups is 9. The van der Waals surface area contributed by atoms with Gasteiger partial charge in [0.1, 0.15) is 24.2 Å². The van der Waals surface area contributed by atoms with E-state index in [0.717, 1.165) is 78.1 Å². The largest absolute Gasteiger partial charge is 0.468 e. The van der Waals surface area contributed by atoms with Gasteiger partial charge in [-0.1, -0.05) is 75.4 Å². The van der Waals surface area contributed by atoms with Crippen molar-refractivity contribution in [3.63, 3.8) is 0 Å². The number of rotatable bonds is 20. The van der Waals surface area contributed by atoms with E-state index < -0.39 is 88.0 Å². The summed E-state index contributed by atoms with van der Waals surface area (Å²) in [5.41, 5.74) is 5.97. The molecule has 8 N–H and O–H groups in total. The summed E-state index contributed by atoms with van der Waals surface area (Å²) in [7, 11) is 4.55. The standard InChI is InChI=1S/C65H84N10O10S/c1-37(66-8)56(77)72-54(64(3,4)5)62(83)75-35-46(33-52(75)61(82)71-50-24-16-20-40-18-12-14-22-48(40)50)69-59(80)42-27-25-41(26-28-42)58(79)68-45-30-29-43-32-51(60(81)70-49-23-15-19-39-17-11-13-21-47(39)49)74(34-44(43)31-45)63(84)55(73-57(78)38(2)67-9)65(6,7)86-36-53(76)85-10/h11-14,17-18,21-22,25-31,37-38,46,49-52,54-55,66-67H,15-16,19-20,23-24,32-36H2,1-10H3,(H,68,79)(H,69,80)(H,70,81)(H,71,82)(H,72,77)(H,73,78)/t37-,38-,46-,49+,50+,51-,52-,54+,55?/m0/s1. The molecule has 460 valence electrons. The number of methoxy groups -OCH3 is 1. The maximum atomic E-state index is 15.3. The lowest BCUT2D eigenvalue weighted by Gasteiger charge is -2.42. The molecule has 0 saturated carbocycles. The van der Waals surface area contributed by atoms with Gasteiger partial charge in [-0.05, 0) is 162 Å². The number of nitrogens with one attached hydrogen (secondary N) is 8. The summed E-state index contributed by atoms with van der Waals surface area (Å²) in [5, 5.41) is 24.1. The first-order valence-corrected chi connectivity index (χ1v) is 30.8. The molecule has 2 aliphatic carbocycles. The molecule has 8 rings (SSSR count). The first-order valence-electron chi connectivity index (χ1n) is 29.8. The Labute approximate surface area is 508 Å². The van der Waals surface area contributed by atoms with Crippen molar-refractivity contribution in [3.05, 3.63) is 136 Å². The van der Waals surface area contributed by atoms with Crippen LogP contribution in [0.15, 0.2) is 91.0 Å². The lowest BCUT2D eigenvalue weighted by atomic mass is 9.85. The molecule has 4 aromatic rings. The molecule has 1 saturated heterocycles. The fourth-order valence-corrected chi connectivity index (χ4v) is 12.8. The van der Waals surface area contributed by atoms with Crippen LogP contribution in [0.1, 0.15) is 147 Å². The minimum Gasteiger partial charge on any atom is -0.468 e. The Balaban J connectivity index is 0.993. The molecule has 9 atom stereocenters. The van der Waals surface area contributed by atoms with Gasteiger partial charge in [0, 0.05) is 47.1 Å². The summed E-state index contributed by atoms with van der Waals surface area (Å²) in [6.07, 6.45) is 5.25. The third-order valence-corrected chi connectivity index (χ3v) is 18.6. The number of ether oxygens (including phenoxy) is 1. The van der Waals surface area contributed by atoms with Crippen LogP contribution >= 0.6 is 11.8 Å². The fourth-order valence-electron chi connectivity index (χ4n) is 11.8.